The molecule has 0 bridgehead atoms. The largest absolute Gasteiger partial charge is 0.481 e. The summed E-state index contributed by atoms with van der Waals surface area (Å²) in [4.78, 5) is 23.2. The van der Waals surface area contributed by atoms with Crippen molar-refractivity contribution < 1.29 is 37.0 Å². The summed E-state index contributed by atoms with van der Waals surface area (Å²) in [7, 11) is 0. The van der Waals surface area contributed by atoms with Gasteiger partial charge in [-0.15, -0.1) is 0 Å². The highest BCUT2D eigenvalue weighted by Crippen LogP contribution is 2.31. The van der Waals surface area contributed by atoms with E-state index < -0.39 is 41.0 Å². The Hall–Kier alpha value is -3.88. The summed E-state index contributed by atoms with van der Waals surface area (Å²) in [5, 5.41) is 11.4. The zero-order valence-electron chi connectivity index (χ0n) is 18.9. The first-order valence-corrected chi connectivity index (χ1v) is 10.7. The molecular formula is C26H23F4NO4. The van der Waals surface area contributed by atoms with Crippen LogP contribution < -0.4 is 10.1 Å². The van der Waals surface area contributed by atoms with Gasteiger partial charge in [-0.3, -0.25) is 9.59 Å². The molecule has 5 nitrogen and oxygen atoms in total. The fourth-order valence-electron chi connectivity index (χ4n) is 3.47. The van der Waals surface area contributed by atoms with Crippen LogP contribution in [-0.2, 0) is 17.4 Å². The van der Waals surface area contributed by atoms with Crippen LogP contribution in [-0.4, -0.2) is 17.0 Å². The summed E-state index contributed by atoms with van der Waals surface area (Å²) < 4.78 is 58.2. The van der Waals surface area contributed by atoms with Crippen LogP contribution in [0.25, 0.3) is 0 Å². The molecule has 0 saturated carbocycles. The summed E-state index contributed by atoms with van der Waals surface area (Å²) in [5.74, 6) is -1.96. The van der Waals surface area contributed by atoms with Crippen LogP contribution >= 0.6 is 0 Å². The van der Waals surface area contributed by atoms with E-state index >= 15 is 0 Å². The van der Waals surface area contributed by atoms with Crippen molar-refractivity contribution in [2.75, 3.05) is 0 Å². The maximum atomic E-state index is 14.1. The lowest BCUT2D eigenvalue weighted by Gasteiger charge is -2.17. The molecule has 0 radical (unpaired) electrons. The summed E-state index contributed by atoms with van der Waals surface area (Å²) in [6.07, 6.45) is -4.27. The van der Waals surface area contributed by atoms with E-state index in [0.717, 1.165) is 17.2 Å². The number of aliphatic carboxylic acids is 1. The Morgan fingerprint density at radius 2 is 1.74 bits per heavy atom. The van der Waals surface area contributed by atoms with Crippen LogP contribution in [0, 0.1) is 12.7 Å². The molecule has 3 rings (SSSR count). The predicted molar refractivity (Wildman–Crippen MR) is 121 cm³/mol. The third-order valence-corrected chi connectivity index (χ3v) is 5.40. The van der Waals surface area contributed by atoms with Gasteiger partial charge in [0.25, 0.3) is 5.91 Å². The number of amides is 1. The monoisotopic (exact) mass is 489 g/mol. The molecule has 184 valence electrons. The van der Waals surface area contributed by atoms with E-state index in [0.29, 0.717) is 35.6 Å². The third-order valence-electron chi connectivity index (χ3n) is 5.40. The molecule has 0 saturated heterocycles. The van der Waals surface area contributed by atoms with E-state index in [-0.39, 0.29) is 6.42 Å². The Labute approximate surface area is 199 Å². The van der Waals surface area contributed by atoms with Gasteiger partial charge in [-0.25, -0.2) is 4.39 Å². The predicted octanol–water partition coefficient (Wildman–Crippen LogP) is 6.45. The summed E-state index contributed by atoms with van der Waals surface area (Å²) in [6.45, 7) is 3.51. The van der Waals surface area contributed by atoms with Gasteiger partial charge in [0.1, 0.15) is 17.3 Å². The van der Waals surface area contributed by atoms with Crippen molar-refractivity contribution in [3.8, 4) is 11.5 Å². The molecule has 9 heteroatoms. The molecular weight excluding hydrogens is 466 g/mol. The highest BCUT2D eigenvalue weighted by atomic mass is 19.4. The zero-order chi connectivity index (χ0) is 25.8. The van der Waals surface area contributed by atoms with Crippen molar-refractivity contribution in [1.82, 2.24) is 5.32 Å². The maximum Gasteiger partial charge on any atom is 0.416 e. The second-order valence-corrected chi connectivity index (χ2v) is 8.04. The van der Waals surface area contributed by atoms with E-state index in [1.807, 2.05) is 6.92 Å². The molecule has 0 heterocycles. The number of benzene rings is 3. The van der Waals surface area contributed by atoms with E-state index in [9.17, 15) is 27.2 Å². The molecule has 0 aliphatic rings. The van der Waals surface area contributed by atoms with Crippen molar-refractivity contribution >= 4 is 11.9 Å². The van der Waals surface area contributed by atoms with E-state index in [1.165, 1.54) is 0 Å². The van der Waals surface area contributed by atoms with Crippen molar-refractivity contribution in [3.63, 3.8) is 0 Å². The molecule has 0 aliphatic heterocycles. The number of rotatable bonds is 8. The second-order valence-electron chi connectivity index (χ2n) is 8.04. The lowest BCUT2D eigenvalue weighted by atomic mass is 10.0. The molecule has 0 unspecified atom stereocenters. The average molecular weight is 489 g/mol. The molecule has 1 atom stereocenters. The molecule has 0 aliphatic carbocycles. The minimum absolute atomic E-state index is 0.0308. The fraction of sp³-hybridized carbons (Fsp3) is 0.231. The van der Waals surface area contributed by atoms with Crippen LogP contribution in [0.4, 0.5) is 17.6 Å². The van der Waals surface area contributed by atoms with E-state index in [1.54, 1.807) is 49.4 Å². The van der Waals surface area contributed by atoms with Crippen LogP contribution in [0.3, 0.4) is 0 Å². The van der Waals surface area contributed by atoms with Crippen molar-refractivity contribution in [2.24, 2.45) is 0 Å². The Morgan fingerprint density at radius 1 is 1.03 bits per heavy atom. The summed E-state index contributed by atoms with van der Waals surface area (Å²) >= 11 is 0. The van der Waals surface area contributed by atoms with Gasteiger partial charge in [0.15, 0.2) is 0 Å². The smallest absolute Gasteiger partial charge is 0.416 e. The van der Waals surface area contributed by atoms with Crippen LogP contribution in [0.1, 0.15) is 52.0 Å². The molecule has 3 aromatic rings. The highest BCUT2D eigenvalue weighted by molar-refractivity contribution is 5.94. The number of carbonyl (C=O) groups is 2. The molecule has 3 aromatic carbocycles. The molecule has 0 aromatic heterocycles. The number of halogens is 4. The van der Waals surface area contributed by atoms with Gasteiger partial charge in [0.05, 0.1) is 17.2 Å². The van der Waals surface area contributed by atoms with Gasteiger partial charge in [-0.2, -0.15) is 13.2 Å². The Kier molecular flexibility index (Phi) is 7.78. The SMILES string of the molecule is Cc1cc(Oc2cccc([C@@H](C)NC(=O)c3ccc(C(F)(F)F)cc3F)c2)ccc1CCC(=O)O. The molecule has 2 N–H and O–H groups in total. The number of hydrogen-bond acceptors (Lipinski definition) is 3. The standard InChI is InChI=1S/C26H23F4NO4/c1-15-12-21(9-6-17(15)7-11-24(32)33)35-20-5-3-4-18(13-20)16(2)31-25(34)22-10-8-19(14-23(22)27)26(28,29)30/h3-6,8-10,12-14,16H,7,11H2,1-2H3,(H,31,34)(H,32,33)/t16-/m1/s1. The van der Waals surface area contributed by atoms with Gasteiger partial charge in [-0.1, -0.05) is 18.2 Å². The van der Waals surface area contributed by atoms with Gasteiger partial charge in [-0.05, 0) is 79.4 Å². The number of carbonyl (C=O) groups excluding carboxylic acids is 1. The first-order valence-electron chi connectivity index (χ1n) is 10.7. The van der Waals surface area contributed by atoms with Crippen LogP contribution in [0.5, 0.6) is 11.5 Å². The van der Waals surface area contributed by atoms with Crippen molar-refractivity contribution in [2.45, 2.75) is 38.9 Å². The first kappa shape index (κ1) is 25.7. The molecule has 0 spiro atoms. The second kappa shape index (κ2) is 10.6. The Bertz CT molecular complexity index is 1240. The van der Waals surface area contributed by atoms with Crippen molar-refractivity contribution in [3.05, 3.63) is 94.3 Å². The van der Waals surface area contributed by atoms with Crippen LogP contribution in [0.2, 0.25) is 0 Å². The minimum Gasteiger partial charge on any atom is -0.481 e. The Morgan fingerprint density at radius 3 is 2.37 bits per heavy atom. The highest BCUT2D eigenvalue weighted by Gasteiger charge is 2.31. The van der Waals surface area contributed by atoms with Crippen LogP contribution in [0.15, 0.2) is 60.7 Å². The number of ether oxygens (including phenoxy) is 1. The quantitative estimate of drug-likeness (QED) is 0.357. The number of hydrogen-bond donors (Lipinski definition) is 2. The molecule has 0 fully saturated rings. The minimum atomic E-state index is -4.71. The molecule has 35 heavy (non-hydrogen) atoms. The third kappa shape index (κ3) is 6.81. The lowest BCUT2D eigenvalue weighted by Crippen LogP contribution is -2.27. The van der Waals surface area contributed by atoms with E-state index in [4.69, 9.17) is 9.84 Å². The van der Waals surface area contributed by atoms with Crippen molar-refractivity contribution in [1.29, 1.82) is 0 Å². The number of carboxylic acid groups (broad SMARTS) is 1. The van der Waals surface area contributed by atoms with Gasteiger partial charge < -0.3 is 15.2 Å². The summed E-state index contributed by atoms with van der Waals surface area (Å²) in [5.41, 5.74) is 0.766. The average Bonchev–Trinajstić information content (AvgIpc) is 2.77. The Balaban J connectivity index is 1.69. The van der Waals surface area contributed by atoms with Gasteiger partial charge in [0.2, 0.25) is 0 Å². The van der Waals surface area contributed by atoms with E-state index in [2.05, 4.69) is 5.32 Å². The first-order chi connectivity index (χ1) is 16.4. The lowest BCUT2D eigenvalue weighted by molar-refractivity contribution is -0.138. The number of carboxylic acids is 1. The molecule has 1 amide bonds. The normalized spacial score (nSPS) is 12.2. The number of aryl methyl sites for hydroxylation is 2. The maximum absolute atomic E-state index is 14.1. The zero-order valence-corrected chi connectivity index (χ0v) is 18.9. The number of alkyl halides is 3. The number of nitrogens with one attached hydrogen (secondary N) is 1. The fourth-order valence-corrected chi connectivity index (χ4v) is 3.47. The van der Waals surface area contributed by atoms with Gasteiger partial charge >= 0.3 is 12.1 Å². The van der Waals surface area contributed by atoms with Gasteiger partial charge in [0, 0.05) is 6.42 Å². The topological polar surface area (TPSA) is 75.6 Å². The summed E-state index contributed by atoms with van der Waals surface area (Å²) in [6, 6.07) is 13.3.